The molecule has 3 aliphatic rings. The Morgan fingerprint density at radius 2 is 1.90 bits per heavy atom. The van der Waals surface area contributed by atoms with Crippen LogP contribution in [0.25, 0.3) is 6.08 Å². The average Bonchev–Trinajstić information content (AvgIpc) is 3.40. The Labute approximate surface area is 181 Å². The van der Waals surface area contributed by atoms with Crippen LogP contribution in [0.5, 0.6) is 5.75 Å². The van der Waals surface area contributed by atoms with Crippen LogP contribution < -0.4 is 4.74 Å². The molecule has 2 saturated heterocycles. The maximum Gasteiger partial charge on any atom is 0.286 e. The van der Waals surface area contributed by atoms with E-state index in [4.69, 9.17) is 4.74 Å². The second-order valence-electron chi connectivity index (χ2n) is 7.93. The van der Waals surface area contributed by atoms with E-state index in [1.165, 1.54) is 31.1 Å². The van der Waals surface area contributed by atoms with Crippen LogP contribution in [-0.2, 0) is 11.4 Å². The van der Waals surface area contributed by atoms with Gasteiger partial charge in [-0.05, 0) is 60.5 Å². The summed E-state index contributed by atoms with van der Waals surface area (Å²) >= 11 is 1.50. The van der Waals surface area contributed by atoms with Crippen LogP contribution in [0.15, 0.2) is 64.5 Å². The summed E-state index contributed by atoms with van der Waals surface area (Å²) in [4.78, 5) is 22.3. The maximum atomic E-state index is 12.4. The van der Waals surface area contributed by atoms with Gasteiger partial charge in [-0.2, -0.15) is 4.99 Å². The minimum absolute atomic E-state index is 0.131. The fraction of sp³-hybridized carbons (Fsp3) is 0.333. The van der Waals surface area contributed by atoms with Crippen LogP contribution in [0.3, 0.4) is 0 Å². The number of amides is 1. The van der Waals surface area contributed by atoms with Gasteiger partial charge in [0.2, 0.25) is 0 Å². The van der Waals surface area contributed by atoms with E-state index in [0.717, 1.165) is 41.7 Å². The molecular formula is C24H25N3O2S. The van der Waals surface area contributed by atoms with E-state index >= 15 is 0 Å². The number of amidine groups is 1. The van der Waals surface area contributed by atoms with Gasteiger partial charge in [0.25, 0.3) is 5.91 Å². The highest BCUT2D eigenvalue weighted by Gasteiger charge is 2.34. The minimum Gasteiger partial charge on any atom is -0.489 e. The molecule has 1 atom stereocenters. The molecule has 2 fully saturated rings. The molecule has 0 unspecified atom stereocenters. The van der Waals surface area contributed by atoms with Gasteiger partial charge in [0, 0.05) is 25.7 Å². The first kappa shape index (κ1) is 19.4. The molecule has 3 aliphatic heterocycles. The molecule has 0 aliphatic carbocycles. The van der Waals surface area contributed by atoms with Gasteiger partial charge in [0.05, 0.1) is 4.91 Å². The van der Waals surface area contributed by atoms with E-state index in [0.29, 0.717) is 17.6 Å². The predicted octanol–water partition coefficient (Wildman–Crippen LogP) is 4.02. The number of rotatable bonds is 4. The van der Waals surface area contributed by atoms with Gasteiger partial charge in [0.1, 0.15) is 12.4 Å². The van der Waals surface area contributed by atoms with Crippen molar-refractivity contribution < 1.29 is 9.53 Å². The normalized spacial score (nSPS) is 23.0. The zero-order valence-corrected chi connectivity index (χ0v) is 17.7. The quantitative estimate of drug-likeness (QED) is 0.701. The van der Waals surface area contributed by atoms with E-state index in [9.17, 15) is 4.79 Å². The van der Waals surface area contributed by atoms with Crippen LogP contribution in [0.2, 0.25) is 0 Å². The maximum absolute atomic E-state index is 12.4. The molecule has 1 amide bonds. The lowest BCUT2D eigenvalue weighted by atomic mass is 10.2. The molecule has 0 bridgehead atoms. The largest absolute Gasteiger partial charge is 0.489 e. The highest BCUT2D eigenvalue weighted by atomic mass is 32.2. The second kappa shape index (κ2) is 8.66. The lowest BCUT2D eigenvalue weighted by Gasteiger charge is -2.38. The molecule has 6 heteroatoms. The van der Waals surface area contributed by atoms with Gasteiger partial charge < -0.3 is 9.64 Å². The smallest absolute Gasteiger partial charge is 0.286 e. The van der Waals surface area contributed by atoms with Crippen LogP contribution in [0, 0.1) is 0 Å². The molecule has 154 valence electrons. The lowest BCUT2D eigenvalue weighted by Crippen LogP contribution is -2.51. The lowest BCUT2D eigenvalue weighted by molar-refractivity contribution is -0.113. The van der Waals surface area contributed by atoms with E-state index < -0.39 is 0 Å². The van der Waals surface area contributed by atoms with Gasteiger partial charge in [-0.15, -0.1) is 0 Å². The zero-order valence-electron chi connectivity index (χ0n) is 16.9. The van der Waals surface area contributed by atoms with Crippen LogP contribution in [-0.4, -0.2) is 53.1 Å². The fourth-order valence-corrected chi connectivity index (χ4v) is 5.20. The van der Waals surface area contributed by atoms with E-state index in [2.05, 4.69) is 14.8 Å². The molecule has 0 aromatic heterocycles. The van der Waals surface area contributed by atoms with Crippen molar-refractivity contribution in [1.82, 2.24) is 9.80 Å². The number of hydrogen-bond acceptors (Lipinski definition) is 5. The van der Waals surface area contributed by atoms with Crippen molar-refractivity contribution in [1.29, 1.82) is 0 Å². The van der Waals surface area contributed by atoms with E-state index in [-0.39, 0.29) is 5.91 Å². The van der Waals surface area contributed by atoms with Crippen LogP contribution in [0.4, 0.5) is 0 Å². The number of benzene rings is 2. The first-order chi connectivity index (χ1) is 14.7. The Bertz CT molecular complexity index is 972. The van der Waals surface area contributed by atoms with Crippen molar-refractivity contribution in [3.63, 3.8) is 0 Å². The molecule has 0 spiro atoms. The van der Waals surface area contributed by atoms with E-state index in [1.807, 2.05) is 60.7 Å². The third-order valence-corrected chi connectivity index (χ3v) is 6.94. The number of fused-ring (bicyclic) bond motifs is 1. The number of carbonyl (C=O) groups excluding carboxylic acids is 1. The Hall–Kier alpha value is -2.57. The molecule has 2 aromatic carbocycles. The van der Waals surface area contributed by atoms with Crippen LogP contribution >= 0.6 is 11.8 Å². The Morgan fingerprint density at radius 3 is 2.73 bits per heavy atom. The second-order valence-corrected chi connectivity index (χ2v) is 8.94. The minimum atomic E-state index is -0.131. The highest BCUT2D eigenvalue weighted by molar-refractivity contribution is 8.18. The summed E-state index contributed by atoms with van der Waals surface area (Å²) in [5.74, 6) is 0.686. The highest BCUT2D eigenvalue weighted by Crippen LogP contribution is 2.32. The zero-order chi connectivity index (χ0) is 20.3. The van der Waals surface area contributed by atoms with E-state index in [1.54, 1.807) is 0 Å². The van der Waals surface area contributed by atoms with Crippen molar-refractivity contribution in [2.75, 3.05) is 26.2 Å². The SMILES string of the molecule is O=C1N=C(N2CCN3CCC[C@H]3C2)S/C1=C\c1ccc(OCc2ccccc2)cc1. The van der Waals surface area contributed by atoms with Gasteiger partial charge in [0.15, 0.2) is 5.17 Å². The fourth-order valence-electron chi connectivity index (χ4n) is 4.25. The van der Waals surface area contributed by atoms with Crippen molar-refractivity contribution in [3.05, 3.63) is 70.6 Å². The standard InChI is InChI=1S/C24H25N3O2S/c28-23-22(30-24(25-23)27-14-13-26-12-4-7-20(26)16-27)15-18-8-10-21(11-9-18)29-17-19-5-2-1-3-6-19/h1-3,5-6,8-11,15,20H,4,7,12-14,16-17H2/b22-15-/t20-/m0/s1. The first-order valence-electron chi connectivity index (χ1n) is 10.5. The van der Waals surface area contributed by atoms with Gasteiger partial charge in [-0.3, -0.25) is 9.69 Å². The topological polar surface area (TPSA) is 45.1 Å². The Kier molecular flexibility index (Phi) is 5.60. The third kappa shape index (κ3) is 4.30. The number of carbonyl (C=O) groups is 1. The first-order valence-corrected chi connectivity index (χ1v) is 11.3. The van der Waals surface area contributed by atoms with Crippen molar-refractivity contribution in [3.8, 4) is 5.75 Å². The molecule has 5 nitrogen and oxygen atoms in total. The molecule has 0 saturated carbocycles. The summed E-state index contributed by atoms with van der Waals surface area (Å²) in [5, 5.41) is 0.862. The number of hydrogen-bond donors (Lipinski definition) is 0. The van der Waals surface area contributed by atoms with Crippen LogP contribution in [0.1, 0.15) is 24.0 Å². The molecule has 0 N–H and O–H groups in total. The summed E-state index contributed by atoms with van der Waals surface area (Å²) < 4.78 is 5.84. The van der Waals surface area contributed by atoms with Gasteiger partial charge >= 0.3 is 0 Å². The number of aliphatic imine (C=N–C) groups is 1. The summed E-state index contributed by atoms with van der Waals surface area (Å²) in [5.41, 5.74) is 2.12. The predicted molar refractivity (Wildman–Crippen MR) is 121 cm³/mol. The average molecular weight is 420 g/mol. The summed E-state index contributed by atoms with van der Waals surface area (Å²) in [7, 11) is 0. The number of piperazine rings is 1. The number of ether oxygens (including phenoxy) is 1. The molecule has 3 heterocycles. The third-order valence-electron chi connectivity index (χ3n) is 5.89. The Morgan fingerprint density at radius 1 is 1.07 bits per heavy atom. The molecular weight excluding hydrogens is 394 g/mol. The number of thioether (sulfide) groups is 1. The summed E-state index contributed by atoms with van der Waals surface area (Å²) in [6.45, 7) is 4.77. The molecule has 5 rings (SSSR count). The molecule has 2 aromatic rings. The molecule has 0 radical (unpaired) electrons. The summed E-state index contributed by atoms with van der Waals surface area (Å²) in [6, 6.07) is 18.6. The van der Waals surface area contributed by atoms with Crippen molar-refractivity contribution in [2.45, 2.75) is 25.5 Å². The molecule has 30 heavy (non-hydrogen) atoms. The van der Waals surface area contributed by atoms with Crippen molar-refractivity contribution in [2.24, 2.45) is 4.99 Å². The Balaban J connectivity index is 1.20. The number of nitrogens with zero attached hydrogens (tertiary/aromatic N) is 3. The van der Waals surface area contributed by atoms with Crippen molar-refractivity contribution >= 4 is 28.9 Å². The monoisotopic (exact) mass is 419 g/mol. The van der Waals surface area contributed by atoms with Gasteiger partial charge in [-0.25, -0.2) is 0 Å². The van der Waals surface area contributed by atoms with Gasteiger partial charge in [-0.1, -0.05) is 42.5 Å². The summed E-state index contributed by atoms with van der Waals surface area (Å²) in [6.07, 6.45) is 4.47.